The number of fused-ring (bicyclic) bond motifs is 1. The Balaban J connectivity index is 2.29. The van der Waals surface area contributed by atoms with Crippen LogP contribution in [0.4, 0.5) is 5.69 Å². The van der Waals surface area contributed by atoms with Crippen molar-refractivity contribution in [3.63, 3.8) is 0 Å². The highest BCUT2D eigenvalue weighted by molar-refractivity contribution is 5.87. The van der Waals surface area contributed by atoms with Crippen LogP contribution in [0, 0.1) is 18.4 Å². The van der Waals surface area contributed by atoms with Gasteiger partial charge in [0.05, 0.1) is 5.69 Å². The summed E-state index contributed by atoms with van der Waals surface area (Å²) >= 11 is 0. The van der Waals surface area contributed by atoms with Crippen molar-refractivity contribution in [3.05, 3.63) is 30.0 Å². The summed E-state index contributed by atoms with van der Waals surface area (Å²) < 4.78 is 2.34. The van der Waals surface area contributed by atoms with Gasteiger partial charge in [-0.3, -0.25) is 5.32 Å². The number of aryl methyl sites for hydroxylation is 2. The van der Waals surface area contributed by atoms with E-state index in [0.29, 0.717) is 0 Å². The summed E-state index contributed by atoms with van der Waals surface area (Å²) in [7, 11) is 0. The minimum absolute atomic E-state index is 0.107. The molecule has 0 atom stereocenters. The number of aromatic nitrogens is 1. The van der Waals surface area contributed by atoms with Crippen LogP contribution in [0.1, 0.15) is 31.9 Å². The maximum Gasteiger partial charge on any atom is 0.207 e. The first kappa shape index (κ1) is 14.9. The Morgan fingerprint density at radius 1 is 1.38 bits per heavy atom. The van der Waals surface area contributed by atoms with Gasteiger partial charge in [-0.15, -0.1) is 0 Å². The first-order chi connectivity index (χ1) is 10.2. The highest BCUT2D eigenvalue weighted by Crippen LogP contribution is 2.25. The Morgan fingerprint density at radius 2 is 2.19 bits per heavy atom. The van der Waals surface area contributed by atoms with Gasteiger partial charge in [-0.05, 0) is 37.6 Å². The number of aliphatic imine (C=N–C) groups is 1. The van der Waals surface area contributed by atoms with E-state index in [1.54, 1.807) is 6.19 Å². The molecule has 0 saturated heterocycles. The SMILES string of the molecule is CCCCCn1c(C)cc2cc(N=C(N)NC#N)ccc21. The monoisotopic (exact) mass is 283 g/mol. The highest BCUT2D eigenvalue weighted by Gasteiger charge is 2.06. The number of nitrogens with zero attached hydrogens (tertiary/aromatic N) is 3. The summed E-state index contributed by atoms with van der Waals surface area (Å²) in [6.45, 7) is 5.38. The molecule has 0 fully saturated rings. The maximum atomic E-state index is 8.50. The van der Waals surface area contributed by atoms with Crippen LogP contribution in [0.25, 0.3) is 10.9 Å². The lowest BCUT2D eigenvalue weighted by atomic mass is 10.2. The van der Waals surface area contributed by atoms with E-state index < -0.39 is 0 Å². The first-order valence-electron chi connectivity index (χ1n) is 7.25. The predicted octanol–water partition coefficient (Wildman–Crippen LogP) is 3.16. The molecule has 0 radical (unpaired) electrons. The van der Waals surface area contributed by atoms with E-state index in [9.17, 15) is 0 Å². The van der Waals surface area contributed by atoms with Gasteiger partial charge in [-0.1, -0.05) is 19.8 Å². The number of hydrogen-bond donors (Lipinski definition) is 2. The van der Waals surface area contributed by atoms with Crippen LogP contribution < -0.4 is 11.1 Å². The van der Waals surface area contributed by atoms with E-state index in [0.717, 1.165) is 17.6 Å². The van der Waals surface area contributed by atoms with Crippen molar-refractivity contribution in [2.75, 3.05) is 0 Å². The summed E-state index contributed by atoms with van der Waals surface area (Å²) in [5.74, 6) is 0.107. The molecule has 1 aromatic carbocycles. The Kier molecular flexibility index (Phi) is 4.83. The minimum Gasteiger partial charge on any atom is -0.369 e. The summed E-state index contributed by atoms with van der Waals surface area (Å²) in [5, 5.41) is 12.0. The number of rotatable bonds is 5. The summed E-state index contributed by atoms with van der Waals surface area (Å²) in [6, 6.07) is 8.13. The van der Waals surface area contributed by atoms with Gasteiger partial charge in [-0.25, -0.2) is 4.99 Å². The van der Waals surface area contributed by atoms with E-state index in [1.807, 2.05) is 12.1 Å². The van der Waals surface area contributed by atoms with Crippen molar-refractivity contribution in [2.24, 2.45) is 10.7 Å². The van der Waals surface area contributed by atoms with Crippen LogP contribution in [-0.2, 0) is 6.54 Å². The van der Waals surface area contributed by atoms with Crippen molar-refractivity contribution < 1.29 is 0 Å². The predicted molar refractivity (Wildman–Crippen MR) is 86.2 cm³/mol. The van der Waals surface area contributed by atoms with Crippen LogP contribution in [0.2, 0.25) is 0 Å². The van der Waals surface area contributed by atoms with Crippen LogP contribution >= 0.6 is 0 Å². The molecule has 0 aliphatic carbocycles. The number of nitrogens with one attached hydrogen (secondary N) is 1. The lowest BCUT2D eigenvalue weighted by molar-refractivity contribution is 0.607. The Morgan fingerprint density at radius 3 is 2.90 bits per heavy atom. The standard InChI is InChI=1S/C16H21N5/c1-3-4-5-8-21-12(2)9-13-10-14(6-7-15(13)21)20-16(18)19-11-17/h6-7,9-10H,3-5,8H2,1-2H3,(H3,18,19,20). The minimum atomic E-state index is 0.107. The Hall–Kier alpha value is -2.48. The average Bonchev–Trinajstić information content (AvgIpc) is 2.75. The second-order valence-corrected chi connectivity index (χ2v) is 5.12. The smallest absolute Gasteiger partial charge is 0.207 e. The van der Waals surface area contributed by atoms with Crippen molar-refractivity contribution in [1.29, 1.82) is 5.26 Å². The molecule has 110 valence electrons. The van der Waals surface area contributed by atoms with Gasteiger partial charge in [0.15, 0.2) is 6.19 Å². The fourth-order valence-corrected chi connectivity index (χ4v) is 2.51. The molecule has 0 aliphatic heterocycles. The molecule has 2 rings (SSSR count). The zero-order valence-corrected chi connectivity index (χ0v) is 12.6. The van der Waals surface area contributed by atoms with E-state index in [4.69, 9.17) is 11.0 Å². The molecular weight excluding hydrogens is 262 g/mol. The number of unbranched alkanes of at least 4 members (excludes halogenated alkanes) is 2. The number of benzene rings is 1. The third-order valence-electron chi connectivity index (χ3n) is 3.51. The molecule has 5 heteroatoms. The molecule has 5 nitrogen and oxygen atoms in total. The zero-order chi connectivity index (χ0) is 15.2. The van der Waals surface area contributed by atoms with Crippen molar-refractivity contribution in [1.82, 2.24) is 9.88 Å². The highest BCUT2D eigenvalue weighted by atomic mass is 15.1. The number of nitriles is 1. The van der Waals surface area contributed by atoms with Crippen molar-refractivity contribution in [2.45, 2.75) is 39.7 Å². The number of hydrogen-bond acceptors (Lipinski definition) is 2. The van der Waals surface area contributed by atoms with Gasteiger partial charge < -0.3 is 10.3 Å². The lowest BCUT2D eigenvalue weighted by Crippen LogP contribution is -2.26. The fourth-order valence-electron chi connectivity index (χ4n) is 2.51. The first-order valence-corrected chi connectivity index (χ1v) is 7.25. The molecule has 0 bridgehead atoms. The molecule has 3 N–H and O–H groups in total. The van der Waals surface area contributed by atoms with Gasteiger partial charge in [0.1, 0.15) is 0 Å². The fraction of sp³-hybridized carbons (Fsp3) is 0.375. The van der Waals surface area contributed by atoms with E-state index in [-0.39, 0.29) is 5.96 Å². The molecule has 1 aromatic heterocycles. The summed E-state index contributed by atoms with van der Waals surface area (Å²) in [6.07, 6.45) is 5.42. The number of guanidine groups is 1. The van der Waals surface area contributed by atoms with Crippen molar-refractivity contribution >= 4 is 22.5 Å². The summed E-state index contributed by atoms with van der Waals surface area (Å²) in [4.78, 5) is 4.16. The van der Waals surface area contributed by atoms with Crippen LogP contribution in [0.15, 0.2) is 29.3 Å². The lowest BCUT2D eigenvalue weighted by Gasteiger charge is -2.07. The Labute approximate surface area is 125 Å². The molecule has 0 amide bonds. The Bertz CT molecular complexity index is 690. The second-order valence-electron chi connectivity index (χ2n) is 5.12. The molecule has 0 spiro atoms. The quantitative estimate of drug-likeness (QED) is 0.291. The van der Waals surface area contributed by atoms with Crippen LogP contribution in [0.5, 0.6) is 0 Å². The third kappa shape index (κ3) is 3.54. The normalized spacial score (nSPS) is 11.6. The van der Waals surface area contributed by atoms with Gasteiger partial charge in [0.2, 0.25) is 5.96 Å². The van der Waals surface area contributed by atoms with Gasteiger partial charge in [0.25, 0.3) is 0 Å². The molecular formula is C16H21N5. The van der Waals surface area contributed by atoms with Crippen molar-refractivity contribution in [3.8, 4) is 6.19 Å². The van der Waals surface area contributed by atoms with Gasteiger partial charge in [-0.2, -0.15) is 5.26 Å². The zero-order valence-electron chi connectivity index (χ0n) is 12.6. The average molecular weight is 283 g/mol. The van der Waals surface area contributed by atoms with Gasteiger partial charge in [0, 0.05) is 23.1 Å². The van der Waals surface area contributed by atoms with Crippen LogP contribution in [-0.4, -0.2) is 10.5 Å². The molecule has 0 unspecified atom stereocenters. The maximum absolute atomic E-state index is 8.50. The van der Waals surface area contributed by atoms with E-state index in [2.05, 4.69) is 40.9 Å². The topological polar surface area (TPSA) is 79.1 Å². The largest absolute Gasteiger partial charge is 0.369 e. The van der Waals surface area contributed by atoms with E-state index >= 15 is 0 Å². The molecule has 0 saturated carbocycles. The van der Waals surface area contributed by atoms with Crippen LogP contribution in [0.3, 0.4) is 0 Å². The molecule has 1 heterocycles. The molecule has 2 aromatic rings. The molecule has 0 aliphatic rings. The number of nitrogens with two attached hydrogens (primary N) is 1. The van der Waals surface area contributed by atoms with E-state index in [1.165, 1.54) is 30.5 Å². The van der Waals surface area contributed by atoms with Gasteiger partial charge >= 0.3 is 0 Å². The summed E-state index contributed by atoms with van der Waals surface area (Å²) in [5.41, 5.74) is 8.80. The third-order valence-corrected chi connectivity index (χ3v) is 3.51. The molecule has 21 heavy (non-hydrogen) atoms. The second kappa shape index (κ2) is 6.80.